The molecule has 1 aliphatic rings. The Bertz CT molecular complexity index is 595. The number of amides is 1. The Hall–Kier alpha value is -1.48. The highest BCUT2D eigenvalue weighted by atomic mass is 79.9. The third-order valence-electron chi connectivity index (χ3n) is 2.70. The Morgan fingerprint density at radius 1 is 1.65 bits per heavy atom. The maximum absolute atomic E-state index is 11.9. The maximum atomic E-state index is 11.9. The summed E-state index contributed by atoms with van der Waals surface area (Å²) in [6.07, 6.45) is 1.37. The van der Waals surface area contributed by atoms with Crippen LogP contribution in [-0.4, -0.2) is 32.7 Å². The zero-order valence-corrected chi connectivity index (χ0v) is 12.8. The smallest absolute Gasteiger partial charge is 0.288 e. The molecule has 2 rings (SSSR count). The summed E-state index contributed by atoms with van der Waals surface area (Å²) in [5, 5.41) is 10.5. The van der Waals surface area contributed by atoms with E-state index in [-0.39, 0.29) is 28.4 Å². The van der Waals surface area contributed by atoms with Gasteiger partial charge in [-0.1, -0.05) is 11.8 Å². The summed E-state index contributed by atoms with van der Waals surface area (Å²) in [5.74, 6) is 0.193. The number of pyridine rings is 1. The van der Waals surface area contributed by atoms with E-state index in [1.54, 1.807) is 0 Å². The van der Waals surface area contributed by atoms with Crippen molar-refractivity contribution >= 4 is 50.2 Å². The third kappa shape index (κ3) is 3.15. The van der Waals surface area contributed by atoms with Gasteiger partial charge >= 0.3 is 0 Å². The lowest BCUT2D eigenvalue weighted by molar-refractivity contribution is -0.385. The third-order valence-corrected chi connectivity index (χ3v) is 4.26. The van der Waals surface area contributed by atoms with Crippen molar-refractivity contribution in [3.8, 4) is 0 Å². The van der Waals surface area contributed by atoms with Gasteiger partial charge in [-0.25, -0.2) is 4.98 Å². The fourth-order valence-electron chi connectivity index (χ4n) is 1.91. The number of anilines is 1. The van der Waals surface area contributed by atoms with Gasteiger partial charge in [0.1, 0.15) is 12.0 Å². The number of hydrogen-bond donors (Lipinski definition) is 0. The summed E-state index contributed by atoms with van der Waals surface area (Å²) in [7, 11) is 0. The Kier molecular flexibility index (Phi) is 4.39. The van der Waals surface area contributed by atoms with Crippen LogP contribution in [0.2, 0.25) is 0 Å². The van der Waals surface area contributed by atoms with E-state index in [2.05, 4.69) is 20.9 Å². The number of rotatable bonds is 3. The van der Waals surface area contributed by atoms with Gasteiger partial charge in [-0.15, -0.1) is 0 Å². The zero-order chi connectivity index (χ0) is 14.9. The Labute approximate surface area is 127 Å². The standard InChI is InChI=1S/C11H10BrN3O4S/c1-6(16)20-8-3-10(17)14(5-8)11-9(12)2-7(4-13-11)15(18)19/h2,4,8H,3,5H2,1H3. The van der Waals surface area contributed by atoms with Gasteiger partial charge in [0.15, 0.2) is 5.12 Å². The molecule has 106 valence electrons. The molecular weight excluding hydrogens is 350 g/mol. The Balaban J connectivity index is 2.22. The molecule has 1 amide bonds. The molecule has 2 heterocycles. The average Bonchev–Trinajstić information content (AvgIpc) is 2.68. The van der Waals surface area contributed by atoms with Gasteiger partial charge in [-0.05, 0) is 15.9 Å². The summed E-state index contributed by atoms with van der Waals surface area (Å²) >= 11 is 4.31. The van der Waals surface area contributed by atoms with Crippen LogP contribution in [0.15, 0.2) is 16.7 Å². The van der Waals surface area contributed by atoms with Crippen molar-refractivity contribution in [1.29, 1.82) is 0 Å². The van der Waals surface area contributed by atoms with E-state index in [0.717, 1.165) is 18.0 Å². The fourth-order valence-corrected chi connectivity index (χ4v) is 3.38. The number of thioether (sulfide) groups is 1. The number of aromatic nitrogens is 1. The van der Waals surface area contributed by atoms with Crippen molar-refractivity contribution < 1.29 is 14.5 Å². The van der Waals surface area contributed by atoms with Crippen molar-refractivity contribution in [2.24, 2.45) is 0 Å². The molecule has 0 spiro atoms. The van der Waals surface area contributed by atoms with Crippen molar-refractivity contribution in [1.82, 2.24) is 4.98 Å². The Morgan fingerprint density at radius 2 is 2.35 bits per heavy atom. The van der Waals surface area contributed by atoms with Crippen LogP contribution in [0.1, 0.15) is 13.3 Å². The highest BCUT2D eigenvalue weighted by Gasteiger charge is 2.34. The summed E-state index contributed by atoms with van der Waals surface area (Å²) in [4.78, 5) is 38.5. The molecule has 0 aromatic carbocycles. The van der Waals surface area contributed by atoms with Gasteiger partial charge < -0.3 is 0 Å². The van der Waals surface area contributed by atoms with Crippen LogP contribution in [0, 0.1) is 10.1 Å². The van der Waals surface area contributed by atoms with Crippen molar-refractivity contribution in [3.05, 3.63) is 26.9 Å². The van der Waals surface area contributed by atoms with E-state index >= 15 is 0 Å². The fraction of sp³-hybridized carbons (Fsp3) is 0.364. The predicted molar refractivity (Wildman–Crippen MR) is 77.6 cm³/mol. The summed E-state index contributed by atoms with van der Waals surface area (Å²) < 4.78 is 0.383. The molecule has 0 N–H and O–H groups in total. The zero-order valence-electron chi connectivity index (χ0n) is 10.4. The molecule has 1 aromatic heterocycles. The minimum atomic E-state index is -0.554. The summed E-state index contributed by atoms with van der Waals surface area (Å²) in [6.45, 7) is 1.82. The lowest BCUT2D eigenvalue weighted by Gasteiger charge is -2.16. The van der Waals surface area contributed by atoms with Crippen LogP contribution in [-0.2, 0) is 9.59 Å². The first-order valence-electron chi connectivity index (χ1n) is 5.66. The van der Waals surface area contributed by atoms with Gasteiger partial charge in [-0.2, -0.15) is 0 Å². The molecule has 1 fully saturated rings. The highest BCUT2D eigenvalue weighted by Crippen LogP contribution is 2.33. The molecule has 1 aromatic rings. The highest BCUT2D eigenvalue weighted by molar-refractivity contribution is 9.10. The van der Waals surface area contributed by atoms with Crippen LogP contribution < -0.4 is 4.90 Å². The molecule has 7 nitrogen and oxygen atoms in total. The van der Waals surface area contributed by atoms with E-state index < -0.39 is 4.92 Å². The molecule has 9 heteroatoms. The first-order valence-corrected chi connectivity index (χ1v) is 7.33. The van der Waals surface area contributed by atoms with Gasteiger partial charge in [0, 0.05) is 31.2 Å². The Morgan fingerprint density at radius 3 is 2.90 bits per heavy atom. The molecular formula is C11H10BrN3O4S. The average molecular weight is 360 g/mol. The van der Waals surface area contributed by atoms with Crippen LogP contribution >= 0.6 is 27.7 Å². The minimum absolute atomic E-state index is 0.0413. The molecule has 0 radical (unpaired) electrons. The number of carbonyl (C=O) groups is 2. The van der Waals surface area contributed by atoms with Gasteiger partial charge in [-0.3, -0.25) is 24.6 Å². The minimum Gasteiger partial charge on any atom is -0.295 e. The van der Waals surface area contributed by atoms with Crippen molar-refractivity contribution in [2.75, 3.05) is 11.4 Å². The molecule has 1 atom stereocenters. The lowest BCUT2D eigenvalue weighted by atomic mass is 10.4. The van der Waals surface area contributed by atoms with Gasteiger partial charge in [0.05, 0.1) is 9.40 Å². The van der Waals surface area contributed by atoms with Gasteiger partial charge in [0.2, 0.25) is 5.91 Å². The number of halogens is 1. The van der Waals surface area contributed by atoms with Gasteiger partial charge in [0.25, 0.3) is 5.69 Å². The summed E-state index contributed by atoms with van der Waals surface area (Å²) in [6, 6.07) is 1.31. The number of carbonyl (C=O) groups excluding carboxylic acids is 2. The van der Waals surface area contributed by atoms with Crippen LogP contribution in [0.25, 0.3) is 0 Å². The number of nitro groups is 1. The molecule has 0 bridgehead atoms. The summed E-state index contributed by atoms with van der Waals surface area (Å²) in [5.41, 5.74) is -0.151. The van der Waals surface area contributed by atoms with E-state index in [4.69, 9.17) is 0 Å². The predicted octanol–water partition coefficient (Wildman–Crippen LogP) is 2.14. The second kappa shape index (κ2) is 5.88. The second-order valence-corrected chi connectivity index (χ2v) is 6.53. The normalized spacial score (nSPS) is 18.4. The van der Waals surface area contributed by atoms with E-state index in [9.17, 15) is 19.7 Å². The lowest BCUT2D eigenvalue weighted by Crippen LogP contribution is -2.26. The first-order chi connectivity index (χ1) is 9.38. The van der Waals surface area contributed by atoms with Crippen molar-refractivity contribution in [3.63, 3.8) is 0 Å². The topological polar surface area (TPSA) is 93.4 Å². The van der Waals surface area contributed by atoms with Crippen LogP contribution in [0.3, 0.4) is 0 Å². The van der Waals surface area contributed by atoms with E-state index in [0.29, 0.717) is 16.8 Å². The molecule has 20 heavy (non-hydrogen) atoms. The quantitative estimate of drug-likeness (QED) is 0.606. The second-order valence-electron chi connectivity index (χ2n) is 4.20. The number of nitrogens with zero attached hydrogens (tertiary/aromatic N) is 3. The monoisotopic (exact) mass is 359 g/mol. The first kappa shape index (κ1) is 14.9. The van der Waals surface area contributed by atoms with Crippen LogP contribution in [0.5, 0.6) is 0 Å². The molecule has 1 saturated heterocycles. The van der Waals surface area contributed by atoms with Crippen molar-refractivity contribution in [2.45, 2.75) is 18.6 Å². The van der Waals surface area contributed by atoms with Crippen LogP contribution in [0.4, 0.5) is 11.5 Å². The SMILES string of the molecule is CC(=O)SC1CC(=O)N(c2ncc([N+](=O)[O-])cc2Br)C1. The maximum Gasteiger partial charge on any atom is 0.288 e. The molecule has 1 unspecified atom stereocenters. The molecule has 0 aliphatic carbocycles. The molecule has 1 aliphatic heterocycles. The molecule has 0 saturated carbocycles. The van der Waals surface area contributed by atoms with E-state index in [1.165, 1.54) is 17.9 Å². The van der Waals surface area contributed by atoms with E-state index in [1.807, 2.05) is 0 Å². The largest absolute Gasteiger partial charge is 0.295 e. The number of hydrogen-bond acceptors (Lipinski definition) is 6.